The molecule has 2 saturated heterocycles. The highest BCUT2D eigenvalue weighted by Gasteiger charge is 2.41. The molecule has 4 heteroatoms. The summed E-state index contributed by atoms with van der Waals surface area (Å²) in [4.78, 5) is 0. The van der Waals surface area contributed by atoms with E-state index in [1.165, 1.54) is 17.7 Å². The lowest BCUT2D eigenvalue weighted by molar-refractivity contribution is -0.0960. The Morgan fingerprint density at radius 2 is 2.33 bits per heavy atom. The van der Waals surface area contributed by atoms with Crippen LogP contribution < -0.4 is 10.5 Å². The molecule has 1 aromatic carbocycles. The van der Waals surface area contributed by atoms with Gasteiger partial charge in [-0.15, -0.1) is 0 Å². The predicted molar refractivity (Wildman–Crippen MR) is 88.1 cm³/mol. The van der Waals surface area contributed by atoms with E-state index >= 15 is 0 Å². The van der Waals surface area contributed by atoms with E-state index in [1.807, 2.05) is 24.8 Å². The van der Waals surface area contributed by atoms with Crippen LogP contribution in [0.3, 0.4) is 0 Å². The Morgan fingerprint density at radius 3 is 3.10 bits per heavy atom. The van der Waals surface area contributed by atoms with Crippen LogP contribution in [0.5, 0.6) is 5.75 Å². The minimum Gasteiger partial charge on any atom is -0.490 e. The quantitative estimate of drug-likeness (QED) is 0.929. The molecule has 2 fully saturated rings. The first-order chi connectivity index (χ1) is 10.2. The average Bonchev–Trinajstić information content (AvgIpc) is 2.88. The molecule has 0 amide bonds. The summed E-state index contributed by atoms with van der Waals surface area (Å²) in [6, 6.07) is 8.45. The van der Waals surface area contributed by atoms with E-state index in [4.69, 9.17) is 15.2 Å². The topological polar surface area (TPSA) is 44.5 Å². The first kappa shape index (κ1) is 15.2. The molecule has 2 heterocycles. The van der Waals surface area contributed by atoms with Crippen LogP contribution in [0.15, 0.2) is 24.3 Å². The van der Waals surface area contributed by atoms with Gasteiger partial charge in [-0.3, -0.25) is 0 Å². The van der Waals surface area contributed by atoms with Crippen molar-refractivity contribution in [2.24, 2.45) is 5.73 Å². The van der Waals surface area contributed by atoms with Gasteiger partial charge in [0.2, 0.25) is 0 Å². The molecule has 1 aromatic rings. The number of nitrogens with two attached hydrogens (primary N) is 1. The normalized spacial score (nSPS) is 30.5. The van der Waals surface area contributed by atoms with E-state index < -0.39 is 0 Å². The van der Waals surface area contributed by atoms with Crippen LogP contribution in [0.1, 0.15) is 31.7 Å². The fraction of sp³-hybridized carbons (Fsp3) is 0.647. The van der Waals surface area contributed by atoms with Gasteiger partial charge in [0.25, 0.3) is 0 Å². The van der Waals surface area contributed by atoms with Crippen LogP contribution >= 0.6 is 11.8 Å². The van der Waals surface area contributed by atoms with E-state index in [2.05, 4.69) is 18.2 Å². The summed E-state index contributed by atoms with van der Waals surface area (Å²) in [5, 5.41) is 0. The first-order valence-corrected chi connectivity index (χ1v) is 9.04. The summed E-state index contributed by atoms with van der Waals surface area (Å²) in [7, 11) is 0. The third kappa shape index (κ3) is 3.74. The zero-order valence-electron chi connectivity index (χ0n) is 12.7. The summed E-state index contributed by atoms with van der Waals surface area (Å²) in [5.41, 5.74) is 7.23. The lowest BCUT2D eigenvalue weighted by Gasteiger charge is -2.38. The number of hydrogen-bond acceptors (Lipinski definition) is 4. The van der Waals surface area contributed by atoms with Gasteiger partial charge in [0.1, 0.15) is 11.9 Å². The molecule has 3 unspecified atom stereocenters. The van der Waals surface area contributed by atoms with Crippen molar-refractivity contribution in [1.82, 2.24) is 0 Å². The summed E-state index contributed by atoms with van der Waals surface area (Å²) in [6.07, 6.45) is 4.30. The van der Waals surface area contributed by atoms with Crippen LogP contribution in [0, 0.1) is 0 Å². The molecule has 0 bridgehead atoms. The molecule has 0 saturated carbocycles. The Hall–Kier alpha value is -0.710. The number of hydrogen-bond donors (Lipinski definition) is 1. The minimum absolute atomic E-state index is 0.0731. The first-order valence-electron chi connectivity index (χ1n) is 7.89. The van der Waals surface area contributed by atoms with E-state index in [0.29, 0.717) is 0 Å². The monoisotopic (exact) mass is 307 g/mol. The maximum Gasteiger partial charge on any atom is 0.122 e. The van der Waals surface area contributed by atoms with Crippen molar-refractivity contribution in [1.29, 1.82) is 0 Å². The van der Waals surface area contributed by atoms with Crippen molar-refractivity contribution < 1.29 is 9.47 Å². The lowest BCUT2D eigenvalue weighted by atomic mass is 9.91. The van der Waals surface area contributed by atoms with Gasteiger partial charge in [-0.05, 0) is 37.1 Å². The fourth-order valence-corrected chi connectivity index (χ4v) is 4.64. The summed E-state index contributed by atoms with van der Waals surface area (Å²) in [6.45, 7) is 2.86. The molecule has 3 rings (SSSR count). The van der Waals surface area contributed by atoms with Crippen molar-refractivity contribution in [2.45, 2.75) is 50.4 Å². The van der Waals surface area contributed by atoms with Crippen LogP contribution in [0.4, 0.5) is 0 Å². The Morgan fingerprint density at radius 1 is 1.48 bits per heavy atom. The molecule has 2 aliphatic heterocycles. The molecule has 116 valence electrons. The smallest absolute Gasteiger partial charge is 0.122 e. The van der Waals surface area contributed by atoms with Gasteiger partial charge in [0.05, 0.1) is 12.2 Å². The van der Waals surface area contributed by atoms with Gasteiger partial charge >= 0.3 is 0 Å². The minimum atomic E-state index is 0.0731. The third-order valence-electron chi connectivity index (χ3n) is 4.32. The number of para-hydroxylation sites is 1. The maximum atomic E-state index is 6.33. The second-order valence-corrected chi connectivity index (χ2v) is 7.46. The average molecular weight is 307 g/mol. The van der Waals surface area contributed by atoms with Gasteiger partial charge in [-0.25, -0.2) is 0 Å². The van der Waals surface area contributed by atoms with E-state index in [0.717, 1.165) is 37.4 Å². The van der Waals surface area contributed by atoms with Crippen molar-refractivity contribution in [3.63, 3.8) is 0 Å². The standard InChI is InChI=1S/C17H25NO2S/c1-13(18)10-14-4-2-3-5-16(14)20-15-6-8-19-17(11-15)7-9-21-12-17/h2-5,13,15H,6-12,18H2,1H3. The molecule has 1 spiro atoms. The fourth-order valence-electron chi connectivity index (χ4n) is 3.26. The Kier molecular flexibility index (Phi) is 4.77. The van der Waals surface area contributed by atoms with E-state index in [1.54, 1.807) is 0 Å². The number of thioether (sulfide) groups is 1. The van der Waals surface area contributed by atoms with Crippen molar-refractivity contribution >= 4 is 11.8 Å². The van der Waals surface area contributed by atoms with Crippen LogP contribution in [-0.2, 0) is 11.2 Å². The largest absolute Gasteiger partial charge is 0.490 e. The Balaban J connectivity index is 1.68. The van der Waals surface area contributed by atoms with Gasteiger partial charge in [0.15, 0.2) is 0 Å². The van der Waals surface area contributed by atoms with Crippen LogP contribution in [-0.4, -0.2) is 35.9 Å². The molecular formula is C17H25NO2S. The molecular weight excluding hydrogens is 282 g/mol. The molecule has 2 aliphatic rings. The highest BCUT2D eigenvalue weighted by atomic mass is 32.2. The predicted octanol–water partition coefficient (Wildman–Crippen LogP) is 3.01. The molecule has 3 atom stereocenters. The van der Waals surface area contributed by atoms with Gasteiger partial charge in [-0.1, -0.05) is 18.2 Å². The van der Waals surface area contributed by atoms with Gasteiger partial charge in [0, 0.05) is 24.6 Å². The molecule has 0 aliphatic carbocycles. The van der Waals surface area contributed by atoms with Crippen molar-refractivity contribution in [2.75, 3.05) is 18.1 Å². The highest BCUT2D eigenvalue weighted by molar-refractivity contribution is 7.99. The van der Waals surface area contributed by atoms with Crippen molar-refractivity contribution in [3.05, 3.63) is 29.8 Å². The second kappa shape index (κ2) is 6.59. The molecule has 3 nitrogen and oxygen atoms in total. The van der Waals surface area contributed by atoms with Crippen LogP contribution in [0.2, 0.25) is 0 Å². The number of benzene rings is 1. The molecule has 21 heavy (non-hydrogen) atoms. The molecule has 0 radical (unpaired) electrons. The number of ether oxygens (including phenoxy) is 2. The van der Waals surface area contributed by atoms with Crippen LogP contribution in [0.25, 0.3) is 0 Å². The Labute approximate surface area is 131 Å². The zero-order chi connectivity index (χ0) is 14.7. The molecule has 2 N–H and O–H groups in total. The SMILES string of the molecule is CC(N)Cc1ccccc1OC1CCOC2(CCSC2)C1. The Bertz CT molecular complexity index is 472. The lowest BCUT2D eigenvalue weighted by Crippen LogP contribution is -2.44. The van der Waals surface area contributed by atoms with Gasteiger partial charge in [-0.2, -0.15) is 11.8 Å². The zero-order valence-corrected chi connectivity index (χ0v) is 13.5. The summed E-state index contributed by atoms with van der Waals surface area (Å²) >= 11 is 2.00. The number of rotatable bonds is 4. The third-order valence-corrected chi connectivity index (χ3v) is 5.55. The highest BCUT2D eigenvalue weighted by Crippen LogP contribution is 2.39. The van der Waals surface area contributed by atoms with Gasteiger partial charge < -0.3 is 15.2 Å². The van der Waals surface area contributed by atoms with Crippen molar-refractivity contribution in [3.8, 4) is 5.75 Å². The second-order valence-electron chi connectivity index (χ2n) is 6.36. The maximum absolute atomic E-state index is 6.33. The van der Waals surface area contributed by atoms with E-state index in [-0.39, 0.29) is 17.7 Å². The molecule has 0 aromatic heterocycles. The summed E-state index contributed by atoms with van der Waals surface area (Å²) < 4.78 is 12.4. The van der Waals surface area contributed by atoms with E-state index in [9.17, 15) is 0 Å². The summed E-state index contributed by atoms with van der Waals surface area (Å²) in [5.74, 6) is 3.34.